The van der Waals surface area contributed by atoms with Crippen molar-refractivity contribution < 1.29 is 18.7 Å². The zero-order chi connectivity index (χ0) is 21.3. The second-order valence-corrected chi connectivity index (χ2v) is 7.99. The summed E-state index contributed by atoms with van der Waals surface area (Å²) in [6.07, 6.45) is 5.12. The van der Waals surface area contributed by atoms with Gasteiger partial charge in [-0.25, -0.2) is 0 Å². The Morgan fingerprint density at radius 1 is 1.20 bits per heavy atom. The number of carbonyl (C=O) groups is 2. The second kappa shape index (κ2) is 8.40. The van der Waals surface area contributed by atoms with E-state index in [-0.39, 0.29) is 24.8 Å². The summed E-state index contributed by atoms with van der Waals surface area (Å²) in [4.78, 5) is 26.5. The molecule has 7 heteroatoms. The first-order chi connectivity index (χ1) is 14.4. The Bertz CT molecular complexity index is 1120. The van der Waals surface area contributed by atoms with E-state index >= 15 is 0 Å². The van der Waals surface area contributed by atoms with E-state index in [2.05, 4.69) is 17.4 Å². The second-order valence-electron chi connectivity index (χ2n) is 7.55. The predicted octanol–water partition coefficient (Wildman–Crippen LogP) is 4.22. The molecule has 0 aliphatic heterocycles. The molecule has 30 heavy (non-hydrogen) atoms. The number of methoxy groups -OCH3 is 1. The molecule has 2 aromatic carbocycles. The minimum atomic E-state index is -0.332. The lowest BCUT2D eigenvalue weighted by molar-refractivity contribution is -0.132. The third-order valence-electron chi connectivity index (χ3n) is 5.45. The van der Waals surface area contributed by atoms with Crippen molar-refractivity contribution in [3.05, 3.63) is 58.3 Å². The number of fused-ring (bicyclic) bond motifs is 2. The number of aryl methyl sites for hydroxylation is 2. The van der Waals surface area contributed by atoms with Crippen LogP contribution in [0.1, 0.15) is 23.1 Å². The van der Waals surface area contributed by atoms with Crippen molar-refractivity contribution in [1.29, 1.82) is 0 Å². The van der Waals surface area contributed by atoms with Crippen LogP contribution >= 0.6 is 11.6 Å². The highest BCUT2D eigenvalue weighted by molar-refractivity contribution is 6.31. The average molecular weight is 427 g/mol. The maximum atomic E-state index is 12.7. The van der Waals surface area contributed by atoms with Gasteiger partial charge >= 0.3 is 0 Å². The topological polar surface area (TPSA) is 71.8 Å². The Morgan fingerprint density at radius 3 is 2.73 bits per heavy atom. The number of hydrogen-bond acceptors (Lipinski definition) is 4. The highest BCUT2D eigenvalue weighted by Gasteiger charge is 2.19. The summed E-state index contributed by atoms with van der Waals surface area (Å²) in [5, 5.41) is 4.20. The molecule has 1 aliphatic rings. The van der Waals surface area contributed by atoms with Crippen LogP contribution in [-0.4, -0.2) is 37.4 Å². The van der Waals surface area contributed by atoms with Crippen molar-refractivity contribution >= 4 is 40.1 Å². The van der Waals surface area contributed by atoms with Crippen molar-refractivity contribution in [2.24, 2.45) is 0 Å². The first kappa shape index (κ1) is 20.3. The fraction of sp³-hybridized carbons (Fsp3) is 0.304. The van der Waals surface area contributed by atoms with E-state index in [9.17, 15) is 9.59 Å². The Labute approximate surface area is 179 Å². The maximum absolute atomic E-state index is 12.7. The molecule has 2 amide bonds. The van der Waals surface area contributed by atoms with Crippen LogP contribution in [0.2, 0.25) is 5.02 Å². The van der Waals surface area contributed by atoms with Crippen LogP contribution in [0.3, 0.4) is 0 Å². The van der Waals surface area contributed by atoms with Crippen LogP contribution in [0.5, 0.6) is 5.75 Å². The molecule has 0 bridgehead atoms. The molecule has 3 aromatic rings. The zero-order valence-electron chi connectivity index (χ0n) is 17.0. The molecular formula is C23H23ClN2O4. The SMILES string of the molecule is COc1ccc(Cl)cc1NC(=O)CN(C)C(=O)Cc1coc2cc3c(cc12)CCC3. The lowest BCUT2D eigenvalue weighted by Gasteiger charge is -2.17. The van der Waals surface area contributed by atoms with Gasteiger partial charge in [0.25, 0.3) is 0 Å². The molecule has 1 N–H and O–H groups in total. The van der Waals surface area contributed by atoms with Gasteiger partial charge in [0.2, 0.25) is 11.8 Å². The van der Waals surface area contributed by atoms with Crippen LogP contribution in [-0.2, 0) is 28.9 Å². The minimum absolute atomic E-state index is 0.0836. The lowest BCUT2D eigenvalue weighted by Crippen LogP contribution is -2.35. The maximum Gasteiger partial charge on any atom is 0.244 e. The van der Waals surface area contributed by atoms with Gasteiger partial charge < -0.3 is 19.4 Å². The average Bonchev–Trinajstić information content (AvgIpc) is 3.32. The molecule has 0 spiro atoms. The van der Waals surface area contributed by atoms with Crippen molar-refractivity contribution in [1.82, 2.24) is 4.90 Å². The molecule has 6 nitrogen and oxygen atoms in total. The number of likely N-dealkylation sites (N-methyl/N-ethyl adjacent to an activating group) is 1. The third kappa shape index (κ3) is 4.14. The number of hydrogen-bond donors (Lipinski definition) is 1. The van der Waals surface area contributed by atoms with E-state index in [4.69, 9.17) is 20.8 Å². The molecule has 156 valence electrons. The summed E-state index contributed by atoms with van der Waals surface area (Å²) in [7, 11) is 3.12. The molecule has 1 heterocycles. The van der Waals surface area contributed by atoms with Crippen LogP contribution in [0, 0.1) is 0 Å². The summed E-state index contributed by atoms with van der Waals surface area (Å²) in [6, 6.07) is 9.18. The van der Waals surface area contributed by atoms with Crippen LogP contribution in [0.25, 0.3) is 11.0 Å². The van der Waals surface area contributed by atoms with E-state index < -0.39 is 0 Å². The molecule has 1 aliphatic carbocycles. The van der Waals surface area contributed by atoms with Crippen molar-refractivity contribution in [2.45, 2.75) is 25.7 Å². The molecule has 0 saturated carbocycles. The van der Waals surface area contributed by atoms with Crippen molar-refractivity contribution in [3.63, 3.8) is 0 Å². The fourth-order valence-corrected chi connectivity index (χ4v) is 4.03. The Balaban J connectivity index is 1.41. The molecule has 1 aromatic heterocycles. The van der Waals surface area contributed by atoms with E-state index in [0.717, 1.165) is 35.8 Å². The minimum Gasteiger partial charge on any atom is -0.495 e. The number of benzene rings is 2. The number of halogens is 1. The number of nitrogens with zero attached hydrogens (tertiary/aromatic N) is 1. The van der Waals surface area contributed by atoms with Gasteiger partial charge in [-0.15, -0.1) is 0 Å². The number of amides is 2. The number of furan rings is 1. The molecule has 0 radical (unpaired) electrons. The molecule has 0 unspecified atom stereocenters. The highest BCUT2D eigenvalue weighted by atomic mass is 35.5. The van der Waals surface area contributed by atoms with Gasteiger partial charge in [0.05, 0.1) is 32.0 Å². The van der Waals surface area contributed by atoms with Crippen LogP contribution in [0.15, 0.2) is 41.0 Å². The summed E-state index contributed by atoms with van der Waals surface area (Å²) >= 11 is 6.00. The van der Waals surface area contributed by atoms with Gasteiger partial charge in [0, 0.05) is 23.0 Å². The number of carbonyl (C=O) groups excluding carboxylic acids is 2. The summed E-state index contributed by atoms with van der Waals surface area (Å²) in [6.45, 7) is -0.0836. The first-order valence-corrected chi connectivity index (χ1v) is 10.2. The van der Waals surface area contributed by atoms with E-state index in [1.807, 2.05) is 0 Å². The number of nitrogens with one attached hydrogen (secondary N) is 1. The lowest BCUT2D eigenvalue weighted by atomic mass is 10.0. The van der Waals surface area contributed by atoms with Gasteiger partial charge in [-0.2, -0.15) is 0 Å². The van der Waals surface area contributed by atoms with E-state index in [1.54, 1.807) is 31.5 Å². The Morgan fingerprint density at radius 2 is 1.97 bits per heavy atom. The first-order valence-electron chi connectivity index (χ1n) is 9.84. The fourth-order valence-electron chi connectivity index (χ4n) is 3.85. The van der Waals surface area contributed by atoms with Crippen LogP contribution in [0.4, 0.5) is 5.69 Å². The molecular weight excluding hydrogens is 404 g/mol. The smallest absolute Gasteiger partial charge is 0.244 e. The molecule has 4 rings (SSSR count). The summed E-state index contributed by atoms with van der Waals surface area (Å²) < 4.78 is 10.9. The van der Waals surface area contributed by atoms with Gasteiger partial charge in [-0.3, -0.25) is 9.59 Å². The summed E-state index contributed by atoms with van der Waals surface area (Å²) in [5.41, 5.74) is 4.78. The van der Waals surface area contributed by atoms with Gasteiger partial charge in [-0.05, 0) is 60.7 Å². The number of rotatable bonds is 6. The molecule has 0 atom stereocenters. The van der Waals surface area contributed by atoms with Gasteiger partial charge in [0.15, 0.2) is 0 Å². The Kier molecular flexibility index (Phi) is 5.68. The largest absolute Gasteiger partial charge is 0.495 e. The molecule has 0 saturated heterocycles. The highest BCUT2D eigenvalue weighted by Crippen LogP contribution is 2.31. The molecule has 0 fully saturated rings. The van der Waals surface area contributed by atoms with Crippen molar-refractivity contribution in [3.8, 4) is 5.75 Å². The monoisotopic (exact) mass is 426 g/mol. The quantitative estimate of drug-likeness (QED) is 0.640. The third-order valence-corrected chi connectivity index (χ3v) is 5.69. The Hall–Kier alpha value is -2.99. The normalized spacial score (nSPS) is 12.6. The van der Waals surface area contributed by atoms with Gasteiger partial charge in [0.1, 0.15) is 11.3 Å². The number of ether oxygens (including phenoxy) is 1. The predicted molar refractivity (Wildman–Crippen MR) is 116 cm³/mol. The van der Waals surface area contributed by atoms with Crippen LogP contribution < -0.4 is 10.1 Å². The van der Waals surface area contributed by atoms with Crippen molar-refractivity contribution in [2.75, 3.05) is 26.0 Å². The van der Waals surface area contributed by atoms with E-state index in [1.165, 1.54) is 23.1 Å². The summed E-state index contributed by atoms with van der Waals surface area (Å²) in [5.74, 6) is 0.00632. The zero-order valence-corrected chi connectivity index (χ0v) is 17.7. The van der Waals surface area contributed by atoms with Gasteiger partial charge in [-0.1, -0.05) is 11.6 Å². The van der Waals surface area contributed by atoms with E-state index in [0.29, 0.717) is 16.5 Å². The number of anilines is 1. The standard InChI is InChI=1S/C23H23ClN2O4/c1-26(12-22(27)25-19-11-17(24)6-7-20(19)29-2)23(28)10-16-13-30-21-9-15-5-3-4-14(15)8-18(16)21/h6-9,11,13H,3-5,10,12H2,1-2H3,(H,25,27).